The van der Waals surface area contributed by atoms with Crippen LogP contribution in [0.4, 0.5) is 0 Å². The number of hydrogen-bond donors (Lipinski definition) is 2. The fourth-order valence-corrected chi connectivity index (χ4v) is 1.15. The first-order valence-electron chi connectivity index (χ1n) is 4.13. The molecule has 1 aromatic heterocycles. The molecule has 0 fully saturated rings. The third kappa shape index (κ3) is 2.85. The lowest BCUT2D eigenvalue weighted by molar-refractivity contribution is 0.0840. The molecule has 0 radical (unpaired) electrons. The van der Waals surface area contributed by atoms with E-state index >= 15 is 0 Å². The van der Waals surface area contributed by atoms with Gasteiger partial charge in [0, 0.05) is 0 Å². The van der Waals surface area contributed by atoms with E-state index < -0.39 is 5.54 Å². The van der Waals surface area contributed by atoms with Gasteiger partial charge in [-0.2, -0.15) is 0 Å². The molecule has 0 unspecified atom stereocenters. The van der Waals surface area contributed by atoms with E-state index in [0.29, 0.717) is 4.67 Å². The van der Waals surface area contributed by atoms with Gasteiger partial charge in [-0.1, -0.05) is 0 Å². The Morgan fingerprint density at radius 1 is 1.64 bits per heavy atom. The monoisotopic (exact) mass is 261 g/mol. The Morgan fingerprint density at radius 2 is 2.29 bits per heavy atom. The van der Waals surface area contributed by atoms with Gasteiger partial charge in [0.15, 0.2) is 10.4 Å². The second kappa shape index (κ2) is 4.14. The molecule has 0 aliphatic carbocycles. The van der Waals surface area contributed by atoms with Crippen LogP contribution in [0.1, 0.15) is 24.4 Å². The zero-order chi connectivity index (χ0) is 10.8. The molecule has 78 valence electrons. The molecule has 2 N–H and O–H groups in total. The average Bonchev–Trinajstić information content (AvgIpc) is 2.51. The fourth-order valence-electron chi connectivity index (χ4n) is 0.845. The summed E-state index contributed by atoms with van der Waals surface area (Å²) in [4.78, 5) is 11.5. The Morgan fingerprint density at radius 3 is 2.71 bits per heavy atom. The van der Waals surface area contributed by atoms with Crippen molar-refractivity contribution >= 4 is 21.8 Å². The number of nitrogens with one attached hydrogen (secondary N) is 1. The van der Waals surface area contributed by atoms with E-state index in [2.05, 4.69) is 21.2 Å². The van der Waals surface area contributed by atoms with Gasteiger partial charge in [0.25, 0.3) is 5.91 Å². The fraction of sp³-hybridized carbons (Fsp3) is 0.444. The number of amides is 1. The van der Waals surface area contributed by atoms with Crippen LogP contribution in [0.25, 0.3) is 0 Å². The molecule has 1 heterocycles. The standard InChI is InChI=1S/C9H12BrNO3/c1-9(2,5-12)11-8(13)6-3-4-7(10)14-6/h3-4,12H,5H2,1-2H3,(H,11,13). The van der Waals surface area contributed by atoms with E-state index in [-0.39, 0.29) is 18.3 Å². The van der Waals surface area contributed by atoms with E-state index in [1.807, 2.05) is 0 Å². The molecule has 0 saturated heterocycles. The summed E-state index contributed by atoms with van der Waals surface area (Å²) >= 11 is 3.10. The van der Waals surface area contributed by atoms with Crippen LogP contribution in [0.15, 0.2) is 21.2 Å². The number of carbonyl (C=O) groups excluding carboxylic acids is 1. The van der Waals surface area contributed by atoms with Gasteiger partial charge in [-0.15, -0.1) is 0 Å². The topological polar surface area (TPSA) is 62.5 Å². The highest BCUT2D eigenvalue weighted by atomic mass is 79.9. The van der Waals surface area contributed by atoms with Gasteiger partial charge in [-0.05, 0) is 41.9 Å². The van der Waals surface area contributed by atoms with Gasteiger partial charge >= 0.3 is 0 Å². The minimum atomic E-state index is -0.643. The second-order valence-corrected chi connectivity index (χ2v) is 4.38. The van der Waals surface area contributed by atoms with Gasteiger partial charge in [-0.25, -0.2) is 0 Å². The Kier molecular flexibility index (Phi) is 3.34. The third-order valence-corrected chi connectivity index (χ3v) is 2.07. The van der Waals surface area contributed by atoms with Gasteiger partial charge < -0.3 is 14.8 Å². The smallest absolute Gasteiger partial charge is 0.287 e. The maximum atomic E-state index is 11.5. The second-order valence-electron chi connectivity index (χ2n) is 3.60. The van der Waals surface area contributed by atoms with Crippen molar-refractivity contribution < 1.29 is 14.3 Å². The van der Waals surface area contributed by atoms with Crippen LogP contribution < -0.4 is 5.32 Å². The Hall–Kier alpha value is -0.810. The number of aliphatic hydroxyl groups excluding tert-OH is 1. The molecule has 14 heavy (non-hydrogen) atoms. The van der Waals surface area contributed by atoms with Gasteiger partial charge in [0.2, 0.25) is 0 Å². The first-order chi connectivity index (χ1) is 6.44. The van der Waals surface area contributed by atoms with Crippen LogP contribution in [0.5, 0.6) is 0 Å². The highest BCUT2D eigenvalue weighted by Gasteiger charge is 2.21. The predicted molar refractivity (Wildman–Crippen MR) is 55.0 cm³/mol. The molecule has 0 saturated carbocycles. The molecule has 1 amide bonds. The van der Waals surface area contributed by atoms with Crippen molar-refractivity contribution in [1.29, 1.82) is 0 Å². The highest BCUT2D eigenvalue weighted by Crippen LogP contribution is 2.14. The molecule has 0 bridgehead atoms. The summed E-state index contributed by atoms with van der Waals surface area (Å²) in [6, 6.07) is 3.20. The molecule has 4 nitrogen and oxygen atoms in total. The molecular formula is C9H12BrNO3. The molecule has 0 atom stereocenters. The minimum Gasteiger partial charge on any atom is -0.444 e. The third-order valence-electron chi connectivity index (χ3n) is 1.64. The van der Waals surface area contributed by atoms with E-state index in [9.17, 15) is 4.79 Å². The molecule has 0 aliphatic heterocycles. The van der Waals surface area contributed by atoms with Crippen molar-refractivity contribution in [3.8, 4) is 0 Å². The summed E-state index contributed by atoms with van der Waals surface area (Å²) in [6.07, 6.45) is 0. The Labute approximate surface area is 90.4 Å². The number of aliphatic hydroxyl groups is 1. The molecule has 1 aromatic rings. The van der Waals surface area contributed by atoms with E-state index in [4.69, 9.17) is 9.52 Å². The summed E-state index contributed by atoms with van der Waals surface area (Å²) in [5.74, 6) is -0.117. The average molecular weight is 262 g/mol. The molecule has 5 heteroatoms. The van der Waals surface area contributed by atoms with Crippen molar-refractivity contribution in [2.75, 3.05) is 6.61 Å². The minimum absolute atomic E-state index is 0.124. The van der Waals surface area contributed by atoms with E-state index in [1.54, 1.807) is 26.0 Å². The first kappa shape index (κ1) is 11.3. The van der Waals surface area contributed by atoms with Crippen LogP contribution in [-0.4, -0.2) is 23.2 Å². The number of carbonyl (C=O) groups is 1. The summed E-state index contributed by atoms with van der Waals surface area (Å²) in [6.45, 7) is 3.33. The van der Waals surface area contributed by atoms with Crippen molar-refractivity contribution in [1.82, 2.24) is 5.32 Å². The van der Waals surface area contributed by atoms with E-state index in [1.165, 1.54) is 0 Å². The molecular weight excluding hydrogens is 250 g/mol. The SMILES string of the molecule is CC(C)(CO)NC(=O)c1ccc(Br)o1. The summed E-state index contributed by atoms with van der Waals surface area (Å²) < 4.78 is 5.56. The largest absolute Gasteiger partial charge is 0.444 e. The number of halogens is 1. The van der Waals surface area contributed by atoms with Crippen LogP contribution in [0.3, 0.4) is 0 Å². The van der Waals surface area contributed by atoms with Gasteiger partial charge in [-0.3, -0.25) is 4.79 Å². The summed E-state index contributed by atoms with van der Waals surface area (Å²) in [5.41, 5.74) is -0.643. The van der Waals surface area contributed by atoms with Crippen molar-refractivity contribution in [2.45, 2.75) is 19.4 Å². The van der Waals surface area contributed by atoms with Crippen LogP contribution in [0.2, 0.25) is 0 Å². The molecule has 0 spiro atoms. The van der Waals surface area contributed by atoms with Gasteiger partial charge in [0.1, 0.15) is 0 Å². The summed E-state index contributed by atoms with van der Waals surface area (Å²) in [7, 11) is 0. The zero-order valence-corrected chi connectivity index (χ0v) is 9.59. The zero-order valence-electron chi connectivity index (χ0n) is 8.00. The highest BCUT2D eigenvalue weighted by molar-refractivity contribution is 9.10. The predicted octanol–water partition coefficient (Wildman–Crippen LogP) is 1.54. The van der Waals surface area contributed by atoms with Crippen molar-refractivity contribution in [2.24, 2.45) is 0 Å². The molecule has 0 aromatic carbocycles. The Bertz CT molecular complexity index is 333. The molecule has 1 rings (SSSR count). The lowest BCUT2D eigenvalue weighted by Gasteiger charge is -2.22. The quantitative estimate of drug-likeness (QED) is 0.868. The number of hydrogen-bond acceptors (Lipinski definition) is 3. The number of rotatable bonds is 3. The normalized spacial score (nSPS) is 11.4. The van der Waals surface area contributed by atoms with Crippen LogP contribution in [-0.2, 0) is 0 Å². The Balaban J connectivity index is 2.68. The van der Waals surface area contributed by atoms with Gasteiger partial charge in [0.05, 0.1) is 12.1 Å². The van der Waals surface area contributed by atoms with Crippen molar-refractivity contribution in [3.05, 3.63) is 22.6 Å². The van der Waals surface area contributed by atoms with Crippen LogP contribution in [0, 0.1) is 0 Å². The maximum absolute atomic E-state index is 11.5. The maximum Gasteiger partial charge on any atom is 0.287 e. The van der Waals surface area contributed by atoms with Crippen LogP contribution >= 0.6 is 15.9 Å². The lowest BCUT2D eigenvalue weighted by Crippen LogP contribution is -2.46. The molecule has 0 aliphatic rings. The van der Waals surface area contributed by atoms with Crippen molar-refractivity contribution in [3.63, 3.8) is 0 Å². The number of furan rings is 1. The first-order valence-corrected chi connectivity index (χ1v) is 4.92. The lowest BCUT2D eigenvalue weighted by atomic mass is 10.1. The summed E-state index contributed by atoms with van der Waals surface area (Å²) in [5, 5.41) is 11.6. The van der Waals surface area contributed by atoms with E-state index in [0.717, 1.165) is 0 Å².